The van der Waals surface area contributed by atoms with Gasteiger partial charge in [0.15, 0.2) is 0 Å². The Morgan fingerprint density at radius 1 is 1.22 bits per heavy atom. The maximum Gasteiger partial charge on any atom is 0.410 e. The standard InChI is InChI=1S/C20H39NO2/c1-15(2)12-16-10-11-21(17(22)23-18(3,4)5)20(8,9)14-19(6,7)13-16/h15-16H,10-14H2,1-9H3. The molecule has 0 radical (unpaired) electrons. The third-order valence-electron chi connectivity index (χ3n) is 4.66. The van der Waals surface area contributed by atoms with Crippen molar-refractivity contribution < 1.29 is 9.53 Å². The summed E-state index contributed by atoms with van der Waals surface area (Å²) in [4.78, 5) is 14.7. The minimum absolute atomic E-state index is 0.163. The molecular formula is C20H39NO2. The van der Waals surface area contributed by atoms with Crippen molar-refractivity contribution in [1.82, 2.24) is 4.90 Å². The molecule has 136 valence electrons. The molecule has 1 unspecified atom stereocenters. The van der Waals surface area contributed by atoms with Crippen LogP contribution in [0.4, 0.5) is 4.79 Å². The van der Waals surface area contributed by atoms with E-state index >= 15 is 0 Å². The van der Waals surface area contributed by atoms with Gasteiger partial charge in [0.2, 0.25) is 0 Å². The Balaban J connectivity index is 2.97. The molecule has 1 rings (SSSR count). The second-order valence-electron chi connectivity index (χ2n) is 10.3. The van der Waals surface area contributed by atoms with Crippen LogP contribution in [-0.4, -0.2) is 28.7 Å². The van der Waals surface area contributed by atoms with E-state index in [0.29, 0.717) is 11.8 Å². The molecule has 0 aromatic carbocycles. The van der Waals surface area contributed by atoms with Gasteiger partial charge in [0.05, 0.1) is 0 Å². The third-order valence-corrected chi connectivity index (χ3v) is 4.66. The Hall–Kier alpha value is -0.730. The minimum atomic E-state index is -0.442. The largest absolute Gasteiger partial charge is 0.444 e. The lowest BCUT2D eigenvalue weighted by Crippen LogP contribution is -2.53. The van der Waals surface area contributed by atoms with Gasteiger partial charge in [-0.1, -0.05) is 27.7 Å². The average Bonchev–Trinajstić information content (AvgIpc) is 2.20. The van der Waals surface area contributed by atoms with E-state index < -0.39 is 5.60 Å². The zero-order valence-electron chi connectivity index (χ0n) is 17.0. The molecule has 0 aromatic rings. The minimum Gasteiger partial charge on any atom is -0.444 e. The lowest BCUT2D eigenvalue weighted by molar-refractivity contribution is -0.0167. The first-order valence-electron chi connectivity index (χ1n) is 9.22. The van der Waals surface area contributed by atoms with Gasteiger partial charge in [-0.05, 0) is 77.6 Å². The summed E-state index contributed by atoms with van der Waals surface area (Å²) in [7, 11) is 0. The highest BCUT2D eigenvalue weighted by molar-refractivity contribution is 5.69. The SMILES string of the molecule is CC(C)CC1CCN(C(=O)OC(C)(C)C)C(C)(C)CC(C)(C)C1. The number of ether oxygens (including phenoxy) is 1. The summed E-state index contributed by atoms with van der Waals surface area (Å²) in [5.41, 5.74) is -0.374. The third kappa shape index (κ3) is 6.73. The molecule has 1 fully saturated rings. The van der Waals surface area contributed by atoms with E-state index in [1.807, 2.05) is 25.7 Å². The predicted octanol–water partition coefficient (Wildman–Crippen LogP) is 5.87. The number of likely N-dealkylation sites (tertiary alicyclic amines) is 1. The first-order chi connectivity index (χ1) is 10.2. The molecule has 3 nitrogen and oxygen atoms in total. The van der Waals surface area contributed by atoms with Gasteiger partial charge in [-0.25, -0.2) is 4.79 Å². The fourth-order valence-corrected chi connectivity index (χ4v) is 4.36. The van der Waals surface area contributed by atoms with Crippen LogP contribution in [0.3, 0.4) is 0 Å². The lowest BCUT2D eigenvalue weighted by Gasteiger charge is -2.47. The fourth-order valence-electron chi connectivity index (χ4n) is 4.36. The quantitative estimate of drug-likeness (QED) is 0.635. The number of hydrogen-bond donors (Lipinski definition) is 0. The van der Waals surface area contributed by atoms with Crippen molar-refractivity contribution in [3.63, 3.8) is 0 Å². The summed E-state index contributed by atoms with van der Waals surface area (Å²) >= 11 is 0. The van der Waals surface area contributed by atoms with E-state index in [9.17, 15) is 4.79 Å². The van der Waals surface area contributed by atoms with E-state index in [-0.39, 0.29) is 17.0 Å². The van der Waals surface area contributed by atoms with Crippen LogP contribution in [0.5, 0.6) is 0 Å². The normalized spacial score (nSPS) is 25.0. The van der Waals surface area contributed by atoms with Crippen molar-refractivity contribution in [3.8, 4) is 0 Å². The zero-order chi connectivity index (χ0) is 18.1. The molecule has 1 amide bonds. The molecule has 1 aliphatic heterocycles. The van der Waals surface area contributed by atoms with Crippen LogP contribution in [-0.2, 0) is 4.74 Å². The van der Waals surface area contributed by atoms with E-state index in [4.69, 9.17) is 4.74 Å². The summed E-state index contributed by atoms with van der Waals surface area (Å²) in [5, 5.41) is 0. The Labute approximate surface area is 144 Å². The van der Waals surface area contributed by atoms with Crippen LogP contribution >= 0.6 is 0 Å². The van der Waals surface area contributed by atoms with Crippen LogP contribution in [0.15, 0.2) is 0 Å². The number of hydrogen-bond acceptors (Lipinski definition) is 2. The number of amides is 1. The molecule has 0 N–H and O–H groups in total. The van der Waals surface area contributed by atoms with Crippen molar-refractivity contribution in [3.05, 3.63) is 0 Å². The molecule has 0 aromatic heterocycles. The highest BCUT2D eigenvalue weighted by Gasteiger charge is 2.41. The maximum absolute atomic E-state index is 12.7. The Morgan fingerprint density at radius 3 is 2.26 bits per heavy atom. The molecule has 0 bridgehead atoms. The monoisotopic (exact) mass is 325 g/mol. The van der Waals surface area contributed by atoms with E-state index in [1.165, 1.54) is 12.8 Å². The number of rotatable bonds is 2. The second kappa shape index (κ2) is 7.03. The molecule has 0 spiro atoms. The topological polar surface area (TPSA) is 29.5 Å². The first kappa shape index (κ1) is 20.3. The highest BCUT2D eigenvalue weighted by Crippen LogP contribution is 2.42. The van der Waals surface area contributed by atoms with Gasteiger partial charge in [-0.15, -0.1) is 0 Å². The Kier molecular flexibility index (Phi) is 6.21. The smallest absolute Gasteiger partial charge is 0.410 e. The van der Waals surface area contributed by atoms with Crippen molar-refractivity contribution >= 4 is 6.09 Å². The summed E-state index contributed by atoms with van der Waals surface area (Å²) in [6.45, 7) is 20.3. The van der Waals surface area contributed by atoms with Crippen LogP contribution in [0.1, 0.15) is 88.0 Å². The molecule has 0 saturated carbocycles. The van der Waals surface area contributed by atoms with Gasteiger partial charge in [0.1, 0.15) is 5.60 Å². The number of carbonyl (C=O) groups excluding carboxylic acids is 1. The number of nitrogens with zero attached hydrogens (tertiary/aromatic N) is 1. The van der Waals surface area contributed by atoms with Crippen molar-refractivity contribution in [2.45, 2.75) is 99.1 Å². The van der Waals surface area contributed by atoms with Gasteiger partial charge >= 0.3 is 6.09 Å². The molecule has 1 aliphatic rings. The maximum atomic E-state index is 12.7. The molecule has 1 heterocycles. The van der Waals surface area contributed by atoms with E-state index in [0.717, 1.165) is 19.4 Å². The Bertz CT molecular complexity index is 404. The van der Waals surface area contributed by atoms with Gasteiger partial charge < -0.3 is 9.64 Å². The predicted molar refractivity (Wildman–Crippen MR) is 97.6 cm³/mol. The molecule has 23 heavy (non-hydrogen) atoms. The van der Waals surface area contributed by atoms with Crippen LogP contribution in [0.25, 0.3) is 0 Å². The van der Waals surface area contributed by atoms with E-state index in [1.54, 1.807) is 0 Å². The fraction of sp³-hybridized carbons (Fsp3) is 0.950. The zero-order valence-corrected chi connectivity index (χ0v) is 17.0. The molecule has 1 atom stereocenters. The molecule has 0 aliphatic carbocycles. The van der Waals surface area contributed by atoms with Gasteiger partial charge in [0, 0.05) is 12.1 Å². The second-order valence-corrected chi connectivity index (χ2v) is 10.3. The van der Waals surface area contributed by atoms with Crippen molar-refractivity contribution in [1.29, 1.82) is 0 Å². The Morgan fingerprint density at radius 2 is 1.78 bits per heavy atom. The molecular weight excluding hydrogens is 286 g/mol. The summed E-state index contributed by atoms with van der Waals surface area (Å²) in [6, 6.07) is 0. The lowest BCUT2D eigenvalue weighted by atomic mass is 9.70. The summed E-state index contributed by atoms with van der Waals surface area (Å²) < 4.78 is 5.68. The van der Waals surface area contributed by atoms with E-state index in [2.05, 4.69) is 41.5 Å². The van der Waals surface area contributed by atoms with Crippen LogP contribution in [0, 0.1) is 17.3 Å². The molecule has 1 saturated heterocycles. The number of carbonyl (C=O) groups is 1. The van der Waals surface area contributed by atoms with Crippen LogP contribution in [0.2, 0.25) is 0 Å². The van der Waals surface area contributed by atoms with Gasteiger partial charge in [0.25, 0.3) is 0 Å². The summed E-state index contributed by atoms with van der Waals surface area (Å²) in [5.74, 6) is 1.39. The van der Waals surface area contributed by atoms with Crippen LogP contribution < -0.4 is 0 Å². The first-order valence-corrected chi connectivity index (χ1v) is 9.22. The van der Waals surface area contributed by atoms with Gasteiger partial charge in [-0.2, -0.15) is 0 Å². The van der Waals surface area contributed by atoms with Crippen molar-refractivity contribution in [2.75, 3.05) is 6.54 Å². The highest BCUT2D eigenvalue weighted by atomic mass is 16.6. The average molecular weight is 326 g/mol. The molecule has 3 heteroatoms. The van der Waals surface area contributed by atoms with Crippen molar-refractivity contribution in [2.24, 2.45) is 17.3 Å². The van der Waals surface area contributed by atoms with Gasteiger partial charge in [-0.3, -0.25) is 0 Å². The summed E-state index contributed by atoms with van der Waals surface area (Å²) in [6.07, 6.45) is 4.41.